The number of fused-ring (bicyclic) bond motifs is 2. The molecule has 3 rings (SSSR count). The molecule has 1 aromatic rings. The number of aliphatic hydroxyl groups excluding tert-OH is 1. The first-order valence-corrected chi connectivity index (χ1v) is 6.31. The molecular formula is C13H16N2O4. The van der Waals surface area contributed by atoms with Gasteiger partial charge in [-0.3, -0.25) is 4.57 Å². The number of nitrogens with zero attached hydrogens (tertiary/aromatic N) is 2. The van der Waals surface area contributed by atoms with E-state index < -0.39 is 6.23 Å². The lowest BCUT2D eigenvalue weighted by Crippen LogP contribution is -2.24. The quantitative estimate of drug-likeness (QED) is 0.592. The first kappa shape index (κ1) is 12.1. The van der Waals surface area contributed by atoms with Crippen molar-refractivity contribution in [2.24, 2.45) is 5.92 Å². The minimum absolute atomic E-state index is 0.151. The van der Waals surface area contributed by atoms with Crippen LogP contribution in [0.3, 0.4) is 0 Å². The van der Waals surface area contributed by atoms with Crippen LogP contribution in [0, 0.1) is 11.1 Å². The van der Waals surface area contributed by atoms with Gasteiger partial charge in [0.15, 0.2) is 11.4 Å². The summed E-state index contributed by atoms with van der Waals surface area (Å²) in [7, 11) is 1.43. The lowest BCUT2D eigenvalue weighted by molar-refractivity contribution is -0.408. The molecule has 0 fully saturated rings. The minimum atomic E-state index is -0.958. The van der Waals surface area contributed by atoms with Crippen LogP contribution in [0.15, 0.2) is 17.8 Å². The maximum Gasteiger partial charge on any atom is 0.237 e. The fraction of sp³-hybridized carbons (Fsp3) is 0.462. The lowest BCUT2D eigenvalue weighted by Gasteiger charge is -2.25. The topological polar surface area (TPSA) is 80.7 Å². The van der Waals surface area contributed by atoms with E-state index in [1.165, 1.54) is 17.9 Å². The van der Waals surface area contributed by atoms with Crippen LogP contribution in [0.4, 0.5) is 0 Å². The normalized spacial score (nSPS) is 25.8. The number of aromatic nitrogens is 1. The van der Waals surface area contributed by atoms with Crippen LogP contribution in [0.5, 0.6) is 11.6 Å². The standard InChI is InChI=1S/C13H16N2O4/c1-19-11-6-8-7-14(18)10-5-3-2-4-9(10)12(16)15(8)13(11)17/h5-7,9,12,16-17H,2-4H2,1H3. The smallest absolute Gasteiger partial charge is 0.237 e. The number of hydroxylamine groups is 1. The summed E-state index contributed by atoms with van der Waals surface area (Å²) >= 11 is 0. The van der Waals surface area contributed by atoms with Crippen LogP contribution in [0.1, 0.15) is 31.2 Å². The van der Waals surface area contributed by atoms with Gasteiger partial charge in [-0.2, -0.15) is 4.74 Å². The number of hydrogen-bond donors (Lipinski definition) is 2. The molecule has 1 aliphatic carbocycles. The molecule has 2 N–H and O–H groups in total. The van der Waals surface area contributed by atoms with E-state index in [1.54, 1.807) is 6.07 Å². The zero-order valence-corrected chi connectivity index (χ0v) is 10.6. The third kappa shape index (κ3) is 1.71. The molecule has 6 nitrogen and oxygen atoms in total. The van der Waals surface area contributed by atoms with Crippen LogP contribution in [0.2, 0.25) is 0 Å². The molecule has 1 aliphatic heterocycles. The maximum absolute atomic E-state index is 12.1. The fourth-order valence-corrected chi connectivity index (χ4v) is 2.85. The zero-order valence-electron chi connectivity index (χ0n) is 10.6. The molecule has 0 aromatic carbocycles. The average molecular weight is 264 g/mol. The van der Waals surface area contributed by atoms with Crippen LogP contribution in [0.25, 0.3) is 0 Å². The van der Waals surface area contributed by atoms with Gasteiger partial charge in [-0.25, -0.2) is 0 Å². The van der Waals surface area contributed by atoms with Gasteiger partial charge in [0.25, 0.3) is 0 Å². The number of aromatic hydroxyl groups is 1. The van der Waals surface area contributed by atoms with Crippen molar-refractivity contribution in [1.29, 1.82) is 0 Å². The van der Waals surface area contributed by atoms with Gasteiger partial charge < -0.3 is 20.2 Å². The van der Waals surface area contributed by atoms with Crippen LogP contribution in [-0.4, -0.2) is 32.8 Å². The van der Waals surface area contributed by atoms with Crippen molar-refractivity contribution in [3.05, 3.63) is 28.7 Å². The third-order valence-corrected chi connectivity index (χ3v) is 3.81. The maximum atomic E-state index is 12.1. The third-order valence-electron chi connectivity index (χ3n) is 3.81. The number of methoxy groups -OCH3 is 1. The molecule has 6 heteroatoms. The monoisotopic (exact) mass is 264 g/mol. The highest BCUT2D eigenvalue weighted by Gasteiger charge is 2.37. The van der Waals surface area contributed by atoms with E-state index in [4.69, 9.17) is 4.74 Å². The SMILES string of the molecule is COc1cc2n(c1O)C(O)C1CCCC=C1[N+]([O-])=C2. The summed E-state index contributed by atoms with van der Waals surface area (Å²) in [5, 5.41) is 32.6. The molecular weight excluding hydrogens is 248 g/mol. The van der Waals surface area contributed by atoms with E-state index >= 15 is 0 Å². The van der Waals surface area contributed by atoms with Crippen LogP contribution < -0.4 is 4.74 Å². The van der Waals surface area contributed by atoms with Gasteiger partial charge in [-0.05, 0) is 25.3 Å². The van der Waals surface area contributed by atoms with Gasteiger partial charge in [-0.15, -0.1) is 0 Å². The summed E-state index contributed by atoms with van der Waals surface area (Å²) < 4.78 is 7.15. The van der Waals surface area contributed by atoms with Crippen molar-refractivity contribution in [1.82, 2.24) is 4.57 Å². The van der Waals surface area contributed by atoms with E-state index in [0.29, 0.717) is 11.4 Å². The Kier molecular flexibility index (Phi) is 2.74. The van der Waals surface area contributed by atoms with E-state index in [2.05, 4.69) is 0 Å². The molecule has 0 saturated carbocycles. The predicted octanol–water partition coefficient (Wildman–Crippen LogP) is 1.32. The average Bonchev–Trinajstić information content (AvgIpc) is 2.68. The van der Waals surface area contributed by atoms with Gasteiger partial charge in [-0.1, -0.05) is 0 Å². The van der Waals surface area contributed by atoms with Crippen molar-refractivity contribution in [3.8, 4) is 11.6 Å². The van der Waals surface area contributed by atoms with Crippen molar-refractivity contribution in [2.75, 3.05) is 7.11 Å². The molecule has 0 spiro atoms. The number of allylic oxidation sites excluding steroid dienone is 1. The molecule has 2 heterocycles. The molecule has 1 aromatic heterocycles. The van der Waals surface area contributed by atoms with Gasteiger partial charge >= 0.3 is 0 Å². The van der Waals surface area contributed by atoms with E-state index in [0.717, 1.165) is 24.0 Å². The Morgan fingerprint density at radius 2 is 2.32 bits per heavy atom. The van der Waals surface area contributed by atoms with Crippen molar-refractivity contribution in [3.63, 3.8) is 0 Å². The van der Waals surface area contributed by atoms with E-state index in [1.807, 2.05) is 6.08 Å². The molecule has 2 aliphatic rings. The summed E-state index contributed by atoms with van der Waals surface area (Å²) in [6.45, 7) is 0. The number of rotatable bonds is 1. The molecule has 2 unspecified atom stereocenters. The lowest BCUT2D eigenvalue weighted by atomic mass is 9.91. The summed E-state index contributed by atoms with van der Waals surface area (Å²) in [5.74, 6) is -0.199. The van der Waals surface area contributed by atoms with E-state index in [9.17, 15) is 15.4 Å². The van der Waals surface area contributed by atoms with Gasteiger partial charge in [0.1, 0.15) is 11.9 Å². The number of ether oxygens (including phenoxy) is 1. The zero-order chi connectivity index (χ0) is 13.6. The Morgan fingerprint density at radius 1 is 1.53 bits per heavy atom. The van der Waals surface area contributed by atoms with Gasteiger partial charge in [0.2, 0.25) is 12.1 Å². The van der Waals surface area contributed by atoms with Crippen molar-refractivity contribution < 1.29 is 19.7 Å². The van der Waals surface area contributed by atoms with Gasteiger partial charge in [0.05, 0.1) is 13.0 Å². The second-order valence-electron chi connectivity index (χ2n) is 4.87. The largest absolute Gasteiger partial charge is 0.618 e. The van der Waals surface area contributed by atoms with Crippen LogP contribution in [-0.2, 0) is 0 Å². The fourth-order valence-electron chi connectivity index (χ4n) is 2.85. The summed E-state index contributed by atoms with van der Waals surface area (Å²) in [5.41, 5.74) is 1.01. The molecule has 0 bridgehead atoms. The number of hydrogen-bond acceptors (Lipinski definition) is 4. The second-order valence-corrected chi connectivity index (χ2v) is 4.87. The van der Waals surface area contributed by atoms with Gasteiger partial charge in [0, 0.05) is 6.07 Å². The Bertz CT molecular complexity index is 573. The molecule has 19 heavy (non-hydrogen) atoms. The Balaban J connectivity index is 2.18. The highest BCUT2D eigenvalue weighted by Crippen LogP contribution is 2.41. The molecule has 0 saturated heterocycles. The number of aliphatic hydroxyl groups is 1. The van der Waals surface area contributed by atoms with E-state index in [-0.39, 0.29) is 17.5 Å². The first-order valence-electron chi connectivity index (χ1n) is 6.31. The Morgan fingerprint density at radius 3 is 3.05 bits per heavy atom. The summed E-state index contributed by atoms with van der Waals surface area (Å²) in [6, 6.07) is 1.54. The Hall–Kier alpha value is -1.95. The molecule has 2 atom stereocenters. The molecule has 0 amide bonds. The molecule has 0 radical (unpaired) electrons. The predicted molar refractivity (Wildman–Crippen MR) is 68.1 cm³/mol. The Labute approximate surface area is 110 Å². The van der Waals surface area contributed by atoms with Crippen molar-refractivity contribution >= 4 is 6.21 Å². The second kappa shape index (κ2) is 4.31. The summed E-state index contributed by atoms with van der Waals surface area (Å²) in [4.78, 5) is 0. The minimum Gasteiger partial charge on any atom is -0.618 e. The van der Waals surface area contributed by atoms with Crippen molar-refractivity contribution in [2.45, 2.75) is 25.5 Å². The highest BCUT2D eigenvalue weighted by molar-refractivity contribution is 5.76. The molecule has 102 valence electrons. The summed E-state index contributed by atoms with van der Waals surface area (Å²) in [6.07, 6.45) is 4.76. The van der Waals surface area contributed by atoms with Crippen LogP contribution >= 0.6 is 0 Å². The highest BCUT2D eigenvalue weighted by atomic mass is 16.5. The first-order chi connectivity index (χ1) is 9.13.